The average Bonchev–Trinajstić information content (AvgIpc) is 2.25. The number of benzene rings is 1. The van der Waals surface area contributed by atoms with Crippen molar-refractivity contribution >= 4 is 11.7 Å². The lowest BCUT2D eigenvalue weighted by Gasteiger charge is -2.29. The molecule has 0 aliphatic rings. The van der Waals surface area contributed by atoms with Gasteiger partial charge in [-0.3, -0.25) is 0 Å². The number of nitrogens with zero attached hydrogens (tertiary/aromatic N) is 2. The summed E-state index contributed by atoms with van der Waals surface area (Å²) in [5.74, 6) is -1.39. The Balaban J connectivity index is 3.39. The summed E-state index contributed by atoms with van der Waals surface area (Å²) in [6.07, 6.45) is -4.61. The maximum atomic E-state index is 12.9. The maximum absolute atomic E-state index is 12.9. The van der Waals surface area contributed by atoms with Gasteiger partial charge in [-0.2, -0.15) is 13.2 Å². The van der Waals surface area contributed by atoms with Crippen LogP contribution in [-0.4, -0.2) is 37.2 Å². The van der Waals surface area contributed by atoms with Crippen LogP contribution in [0.15, 0.2) is 18.2 Å². The van der Waals surface area contributed by atoms with E-state index in [-0.39, 0.29) is 5.69 Å². The van der Waals surface area contributed by atoms with Crippen molar-refractivity contribution in [3.05, 3.63) is 29.3 Å². The molecule has 0 heterocycles. The number of hydrogen-bond donors (Lipinski definition) is 1. The molecule has 1 aromatic rings. The zero-order valence-electron chi connectivity index (χ0n) is 10.1. The monoisotopic (exact) mass is 262 g/mol. The molecular weight excluding hydrogens is 249 g/mol. The fraction of sp³-hybridized carbons (Fsp3) is 0.364. The normalized spacial score (nSPS) is 11.7. The highest BCUT2D eigenvalue weighted by Crippen LogP contribution is 2.37. The Kier molecular flexibility index (Phi) is 3.85. The molecule has 0 amide bonds. The molecule has 0 radical (unpaired) electrons. The summed E-state index contributed by atoms with van der Waals surface area (Å²) in [7, 11) is 4.64. The molecule has 0 saturated heterocycles. The number of halogens is 3. The Labute approximate surface area is 102 Å². The summed E-state index contributed by atoms with van der Waals surface area (Å²) >= 11 is 0. The summed E-state index contributed by atoms with van der Waals surface area (Å²) in [4.78, 5) is 10.7. The molecule has 0 saturated carbocycles. The Bertz CT molecular complexity index is 458. The van der Waals surface area contributed by atoms with Gasteiger partial charge in [0, 0.05) is 21.1 Å². The van der Waals surface area contributed by atoms with E-state index in [0.29, 0.717) is 6.07 Å². The van der Waals surface area contributed by atoms with Gasteiger partial charge in [-0.1, -0.05) is 0 Å². The first-order valence-electron chi connectivity index (χ1n) is 5.00. The van der Waals surface area contributed by atoms with Gasteiger partial charge in [0.1, 0.15) is 0 Å². The fourth-order valence-corrected chi connectivity index (χ4v) is 1.39. The minimum atomic E-state index is -4.61. The van der Waals surface area contributed by atoms with E-state index in [1.165, 1.54) is 17.1 Å². The molecule has 0 spiro atoms. The van der Waals surface area contributed by atoms with Crippen molar-refractivity contribution < 1.29 is 23.1 Å². The molecule has 0 unspecified atom stereocenters. The van der Waals surface area contributed by atoms with Gasteiger partial charge >= 0.3 is 12.1 Å². The smallest absolute Gasteiger partial charge is 0.418 e. The van der Waals surface area contributed by atoms with Crippen LogP contribution in [0.5, 0.6) is 0 Å². The van der Waals surface area contributed by atoms with Gasteiger partial charge in [-0.25, -0.2) is 9.80 Å². The van der Waals surface area contributed by atoms with E-state index in [2.05, 4.69) is 0 Å². The zero-order chi connectivity index (χ0) is 14.1. The van der Waals surface area contributed by atoms with Crippen LogP contribution in [0, 0.1) is 0 Å². The molecule has 7 heteroatoms. The van der Waals surface area contributed by atoms with E-state index in [1.54, 1.807) is 14.1 Å². The highest BCUT2D eigenvalue weighted by atomic mass is 19.4. The van der Waals surface area contributed by atoms with Crippen LogP contribution in [0.3, 0.4) is 0 Å². The first kappa shape index (κ1) is 14.3. The maximum Gasteiger partial charge on any atom is 0.418 e. The van der Waals surface area contributed by atoms with Crippen LogP contribution in [-0.2, 0) is 6.18 Å². The third-order valence-electron chi connectivity index (χ3n) is 2.50. The van der Waals surface area contributed by atoms with Crippen LogP contribution >= 0.6 is 0 Å². The first-order chi connectivity index (χ1) is 8.14. The van der Waals surface area contributed by atoms with E-state index in [4.69, 9.17) is 5.11 Å². The molecule has 0 bridgehead atoms. The quantitative estimate of drug-likeness (QED) is 0.849. The largest absolute Gasteiger partial charge is 0.478 e. The van der Waals surface area contributed by atoms with E-state index in [0.717, 1.165) is 12.1 Å². The molecule has 1 aromatic carbocycles. The second-order valence-corrected chi connectivity index (χ2v) is 3.91. The fourth-order valence-electron chi connectivity index (χ4n) is 1.39. The Morgan fingerprint density at radius 1 is 1.22 bits per heavy atom. The minimum absolute atomic E-state index is 0.0995. The predicted octanol–water partition coefficient (Wildman–Crippen LogP) is 2.32. The molecule has 0 fully saturated rings. The van der Waals surface area contributed by atoms with E-state index >= 15 is 0 Å². The Hall–Kier alpha value is -1.76. The SMILES string of the molecule is CN(C)N(C)c1ccc(C(=O)O)cc1C(F)(F)F. The van der Waals surface area contributed by atoms with Crippen molar-refractivity contribution in [2.75, 3.05) is 26.2 Å². The molecule has 100 valence electrons. The lowest BCUT2D eigenvalue weighted by atomic mass is 10.1. The number of alkyl halides is 3. The number of carbonyl (C=O) groups is 1. The topological polar surface area (TPSA) is 43.8 Å². The second-order valence-electron chi connectivity index (χ2n) is 3.91. The van der Waals surface area contributed by atoms with Gasteiger partial charge in [-0.05, 0) is 18.2 Å². The molecule has 0 aromatic heterocycles. The zero-order valence-corrected chi connectivity index (χ0v) is 10.1. The highest BCUT2D eigenvalue weighted by molar-refractivity contribution is 5.88. The number of hydrogen-bond acceptors (Lipinski definition) is 3. The van der Waals surface area contributed by atoms with Crippen LogP contribution in [0.25, 0.3) is 0 Å². The van der Waals surface area contributed by atoms with Crippen molar-refractivity contribution in [1.82, 2.24) is 5.01 Å². The molecular formula is C11H13F3N2O2. The lowest BCUT2D eigenvalue weighted by molar-refractivity contribution is -0.137. The summed E-state index contributed by atoms with van der Waals surface area (Å²) in [6.45, 7) is 0. The lowest BCUT2D eigenvalue weighted by Crippen LogP contribution is -2.34. The number of carboxylic acids is 1. The van der Waals surface area contributed by atoms with Crippen molar-refractivity contribution in [3.8, 4) is 0 Å². The molecule has 0 atom stereocenters. The summed E-state index contributed by atoms with van der Waals surface area (Å²) < 4.78 is 38.6. The van der Waals surface area contributed by atoms with Gasteiger partial charge in [0.15, 0.2) is 0 Å². The molecule has 1 rings (SSSR count). The summed E-state index contributed by atoms with van der Waals surface area (Å²) in [5, 5.41) is 11.5. The Morgan fingerprint density at radius 3 is 2.17 bits per heavy atom. The number of carboxylic acid groups (broad SMARTS) is 1. The van der Waals surface area contributed by atoms with Crippen LogP contribution in [0.4, 0.5) is 18.9 Å². The third-order valence-corrected chi connectivity index (χ3v) is 2.50. The molecule has 0 aliphatic heterocycles. The molecule has 1 N–H and O–H groups in total. The molecule has 4 nitrogen and oxygen atoms in total. The predicted molar refractivity (Wildman–Crippen MR) is 60.5 cm³/mol. The van der Waals surface area contributed by atoms with Crippen molar-refractivity contribution in [1.29, 1.82) is 0 Å². The average molecular weight is 262 g/mol. The van der Waals surface area contributed by atoms with E-state index in [9.17, 15) is 18.0 Å². The van der Waals surface area contributed by atoms with Gasteiger partial charge in [0.25, 0.3) is 0 Å². The van der Waals surface area contributed by atoms with Crippen LogP contribution in [0.1, 0.15) is 15.9 Å². The number of anilines is 1. The second kappa shape index (κ2) is 4.85. The van der Waals surface area contributed by atoms with Crippen LogP contribution in [0.2, 0.25) is 0 Å². The van der Waals surface area contributed by atoms with Gasteiger partial charge in [-0.15, -0.1) is 0 Å². The molecule has 0 aliphatic carbocycles. The third kappa shape index (κ3) is 2.92. The minimum Gasteiger partial charge on any atom is -0.478 e. The number of rotatable bonds is 3. The van der Waals surface area contributed by atoms with Crippen LogP contribution < -0.4 is 5.01 Å². The Morgan fingerprint density at radius 2 is 1.78 bits per heavy atom. The van der Waals surface area contributed by atoms with Crippen molar-refractivity contribution in [2.45, 2.75) is 6.18 Å². The van der Waals surface area contributed by atoms with Gasteiger partial charge in [0.05, 0.1) is 16.8 Å². The van der Waals surface area contributed by atoms with Crippen molar-refractivity contribution in [3.63, 3.8) is 0 Å². The summed E-state index contributed by atoms with van der Waals surface area (Å²) in [6, 6.07) is 2.93. The van der Waals surface area contributed by atoms with Gasteiger partial charge in [0.2, 0.25) is 0 Å². The number of hydrazine groups is 1. The van der Waals surface area contributed by atoms with E-state index in [1.807, 2.05) is 0 Å². The number of aromatic carboxylic acids is 1. The highest BCUT2D eigenvalue weighted by Gasteiger charge is 2.35. The molecule has 18 heavy (non-hydrogen) atoms. The standard InChI is InChI=1S/C11H13F3N2O2/c1-15(2)16(3)9-5-4-7(10(17)18)6-8(9)11(12,13)14/h4-6H,1-3H3,(H,17,18). The van der Waals surface area contributed by atoms with E-state index < -0.39 is 23.3 Å². The van der Waals surface area contributed by atoms with Gasteiger partial charge < -0.3 is 10.1 Å². The first-order valence-corrected chi connectivity index (χ1v) is 5.00. The summed E-state index contributed by atoms with van der Waals surface area (Å²) in [5.41, 5.74) is -1.46. The van der Waals surface area contributed by atoms with Crippen molar-refractivity contribution in [2.24, 2.45) is 0 Å².